The lowest BCUT2D eigenvalue weighted by atomic mass is 10.1. The second-order valence-corrected chi connectivity index (χ2v) is 6.45. The van der Waals surface area contributed by atoms with Gasteiger partial charge in [0.05, 0.1) is 10.9 Å². The molecule has 0 amide bonds. The zero-order chi connectivity index (χ0) is 15.5. The number of nitrogens with zero attached hydrogens (tertiary/aromatic N) is 3. The second kappa shape index (κ2) is 6.42. The second-order valence-electron chi connectivity index (χ2n) is 5.50. The smallest absolute Gasteiger partial charge is 0.257 e. The van der Waals surface area contributed by atoms with Gasteiger partial charge in [-0.1, -0.05) is 35.9 Å². The molecule has 114 valence electrons. The van der Waals surface area contributed by atoms with Gasteiger partial charge in [0, 0.05) is 6.54 Å². The summed E-state index contributed by atoms with van der Waals surface area (Å²) in [6.07, 6.45) is 0. The largest absolute Gasteiger partial charge is 0.418 e. The summed E-state index contributed by atoms with van der Waals surface area (Å²) in [6, 6.07) is 12.6. The highest BCUT2D eigenvalue weighted by Crippen LogP contribution is 2.26. The fraction of sp³-hybridized carbons (Fsp3) is 0.294. The first kappa shape index (κ1) is 14.9. The number of hydrogen-bond acceptors (Lipinski definition) is 5. The SMILES string of the molecule is Cc1ccc(CN(C)C(C)c2nnc(-c3cccs3)o2)cc1. The standard InChI is InChI=1S/C17H19N3OS/c1-12-6-8-14(9-7-12)11-20(3)13(2)16-18-19-17(21-16)15-5-4-10-22-15/h4-10,13H,11H2,1-3H3. The molecule has 3 aromatic rings. The van der Waals surface area contributed by atoms with Gasteiger partial charge in [-0.05, 0) is 37.9 Å². The highest BCUT2D eigenvalue weighted by molar-refractivity contribution is 7.13. The lowest BCUT2D eigenvalue weighted by Crippen LogP contribution is -2.22. The molecule has 5 heteroatoms. The summed E-state index contributed by atoms with van der Waals surface area (Å²) in [6.45, 7) is 5.03. The summed E-state index contributed by atoms with van der Waals surface area (Å²) in [5.74, 6) is 1.25. The van der Waals surface area contributed by atoms with Crippen LogP contribution in [-0.4, -0.2) is 22.1 Å². The summed E-state index contributed by atoms with van der Waals surface area (Å²) < 4.78 is 5.81. The Labute approximate surface area is 134 Å². The Morgan fingerprint density at radius 1 is 1.18 bits per heavy atom. The van der Waals surface area contributed by atoms with Gasteiger partial charge in [-0.2, -0.15) is 0 Å². The fourth-order valence-corrected chi connectivity index (χ4v) is 2.85. The molecule has 0 radical (unpaired) electrons. The molecule has 0 bridgehead atoms. The molecule has 0 fully saturated rings. The Morgan fingerprint density at radius 2 is 1.95 bits per heavy atom. The molecule has 1 aromatic carbocycles. The minimum absolute atomic E-state index is 0.0718. The van der Waals surface area contributed by atoms with Gasteiger partial charge >= 0.3 is 0 Å². The Bertz CT molecular complexity index is 719. The molecule has 1 unspecified atom stereocenters. The van der Waals surface area contributed by atoms with E-state index >= 15 is 0 Å². The third-order valence-electron chi connectivity index (χ3n) is 3.74. The molecule has 0 saturated carbocycles. The molecule has 0 aliphatic carbocycles. The third-order valence-corrected chi connectivity index (χ3v) is 4.60. The minimum atomic E-state index is 0.0718. The summed E-state index contributed by atoms with van der Waals surface area (Å²) in [5, 5.41) is 10.4. The van der Waals surface area contributed by atoms with E-state index in [0.29, 0.717) is 11.8 Å². The predicted octanol–water partition coefficient (Wildman–Crippen LogP) is 4.30. The van der Waals surface area contributed by atoms with Crippen molar-refractivity contribution < 1.29 is 4.42 Å². The van der Waals surface area contributed by atoms with E-state index in [0.717, 1.165) is 11.4 Å². The zero-order valence-corrected chi connectivity index (χ0v) is 13.8. The normalized spacial score (nSPS) is 12.7. The maximum Gasteiger partial charge on any atom is 0.257 e. The molecule has 0 N–H and O–H groups in total. The average molecular weight is 313 g/mol. The number of benzene rings is 1. The molecule has 0 aliphatic rings. The van der Waals surface area contributed by atoms with Crippen LogP contribution in [0, 0.1) is 6.92 Å². The third kappa shape index (κ3) is 3.26. The van der Waals surface area contributed by atoms with Crippen molar-refractivity contribution >= 4 is 11.3 Å². The van der Waals surface area contributed by atoms with Gasteiger partial charge in [-0.3, -0.25) is 4.90 Å². The maximum atomic E-state index is 5.81. The van der Waals surface area contributed by atoms with E-state index in [1.165, 1.54) is 11.1 Å². The van der Waals surface area contributed by atoms with E-state index in [1.54, 1.807) is 11.3 Å². The first-order chi connectivity index (χ1) is 10.6. The average Bonchev–Trinajstić information content (AvgIpc) is 3.19. The molecule has 2 heterocycles. The molecular weight excluding hydrogens is 294 g/mol. The highest BCUT2D eigenvalue weighted by Gasteiger charge is 2.19. The van der Waals surface area contributed by atoms with Gasteiger partial charge in [0.25, 0.3) is 5.89 Å². The van der Waals surface area contributed by atoms with Crippen LogP contribution in [0.2, 0.25) is 0 Å². The molecule has 0 spiro atoms. The molecule has 0 aliphatic heterocycles. The van der Waals surface area contributed by atoms with Crippen molar-refractivity contribution in [3.8, 4) is 10.8 Å². The van der Waals surface area contributed by atoms with Crippen LogP contribution in [0.15, 0.2) is 46.2 Å². The Hall–Kier alpha value is -1.98. The van der Waals surface area contributed by atoms with E-state index in [9.17, 15) is 0 Å². The monoisotopic (exact) mass is 313 g/mol. The topological polar surface area (TPSA) is 42.2 Å². The first-order valence-electron chi connectivity index (χ1n) is 7.26. The highest BCUT2D eigenvalue weighted by atomic mass is 32.1. The quantitative estimate of drug-likeness (QED) is 0.704. The molecule has 3 rings (SSSR count). The van der Waals surface area contributed by atoms with Gasteiger partial charge in [0.1, 0.15) is 0 Å². The number of aromatic nitrogens is 2. The maximum absolute atomic E-state index is 5.81. The van der Waals surface area contributed by atoms with Crippen LogP contribution in [0.5, 0.6) is 0 Å². The van der Waals surface area contributed by atoms with Crippen molar-refractivity contribution in [3.63, 3.8) is 0 Å². The first-order valence-corrected chi connectivity index (χ1v) is 8.14. The summed E-state index contributed by atoms with van der Waals surface area (Å²) in [4.78, 5) is 3.21. The molecule has 22 heavy (non-hydrogen) atoms. The van der Waals surface area contributed by atoms with E-state index in [4.69, 9.17) is 4.42 Å². The van der Waals surface area contributed by atoms with Gasteiger partial charge in [0.15, 0.2) is 0 Å². The van der Waals surface area contributed by atoms with Crippen LogP contribution in [-0.2, 0) is 6.54 Å². The van der Waals surface area contributed by atoms with Gasteiger partial charge in [-0.25, -0.2) is 0 Å². The number of thiophene rings is 1. The number of aryl methyl sites for hydroxylation is 1. The van der Waals surface area contributed by atoms with Crippen LogP contribution in [0.1, 0.15) is 30.0 Å². The van der Waals surface area contributed by atoms with Crippen molar-refractivity contribution in [1.82, 2.24) is 15.1 Å². The summed E-state index contributed by atoms with van der Waals surface area (Å²) >= 11 is 1.60. The van der Waals surface area contributed by atoms with Crippen LogP contribution in [0.4, 0.5) is 0 Å². The Kier molecular flexibility index (Phi) is 4.36. The van der Waals surface area contributed by atoms with E-state index < -0.39 is 0 Å². The fourth-order valence-electron chi connectivity index (χ4n) is 2.21. The molecule has 2 aromatic heterocycles. The van der Waals surface area contributed by atoms with Gasteiger partial charge < -0.3 is 4.42 Å². The van der Waals surface area contributed by atoms with Crippen LogP contribution in [0.25, 0.3) is 10.8 Å². The molecule has 1 atom stereocenters. The molecular formula is C17H19N3OS. The van der Waals surface area contributed by atoms with Gasteiger partial charge in [0.2, 0.25) is 5.89 Å². The van der Waals surface area contributed by atoms with Crippen molar-refractivity contribution in [3.05, 3.63) is 58.8 Å². The molecule has 4 nitrogen and oxygen atoms in total. The van der Waals surface area contributed by atoms with E-state index in [1.807, 2.05) is 17.5 Å². The Balaban J connectivity index is 1.70. The van der Waals surface area contributed by atoms with Crippen LogP contribution >= 0.6 is 11.3 Å². The van der Waals surface area contributed by atoms with Crippen LogP contribution < -0.4 is 0 Å². The lowest BCUT2D eigenvalue weighted by Gasteiger charge is -2.21. The van der Waals surface area contributed by atoms with Gasteiger partial charge in [-0.15, -0.1) is 21.5 Å². The number of rotatable bonds is 5. The van der Waals surface area contributed by atoms with E-state index in [2.05, 4.69) is 60.3 Å². The van der Waals surface area contributed by atoms with E-state index in [-0.39, 0.29) is 6.04 Å². The van der Waals surface area contributed by atoms with Crippen molar-refractivity contribution in [2.75, 3.05) is 7.05 Å². The zero-order valence-electron chi connectivity index (χ0n) is 13.0. The minimum Gasteiger partial charge on any atom is -0.418 e. The van der Waals surface area contributed by atoms with Crippen LogP contribution in [0.3, 0.4) is 0 Å². The summed E-state index contributed by atoms with van der Waals surface area (Å²) in [7, 11) is 2.07. The molecule has 0 saturated heterocycles. The lowest BCUT2D eigenvalue weighted by molar-refractivity contribution is 0.218. The van der Waals surface area contributed by atoms with Crippen molar-refractivity contribution in [2.24, 2.45) is 0 Å². The predicted molar refractivity (Wildman–Crippen MR) is 88.7 cm³/mol. The number of hydrogen-bond donors (Lipinski definition) is 0. The van der Waals surface area contributed by atoms with Crippen molar-refractivity contribution in [2.45, 2.75) is 26.4 Å². The Morgan fingerprint density at radius 3 is 2.64 bits per heavy atom. The van der Waals surface area contributed by atoms with Crippen molar-refractivity contribution in [1.29, 1.82) is 0 Å². The summed E-state index contributed by atoms with van der Waals surface area (Å²) in [5.41, 5.74) is 2.55.